The summed E-state index contributed by atoms with van der Waals surface area (Å²) >= 11 is 5.81. The number of nitrogens with two attached hydrogens (primary N) is 1. The summed E-state index contributed by atoms with van der Waals surface area (Å²) in [7, 11) is 0. The Morgan fingerprint density at radius 3 is 2.59 bits per heavy atom. The number of aromatic nitrogens is 1. The average Bonchev–Trinajstić information content (AvgIpc) is 2.35. The van der Waals surface area contributed by atoms with E-state index in [9.17, 15) is 5.11 Å². The summed E-state index contributed by atoms with van der Waals surface area (Å²) in [5.74, 6) is 0.581. The summed E-state index contributed by atoms with van der Waals surface area (Å²) in [6.45, 7) is 4.91. The minimum absolute atomic E-state index is 0.129. The molecule has 5 heteroatoms. The molecule has 0 fully saturated rings. The van der Waals surface area contributed by atoms with E-state index in [-0.39, 0.29) is 12.0 Å². The van der Waals surface area contributed by atoms with Crippen LogP contribution in [0, 0.1) is 5.41 Å². The van der Waals surface area contributed by atoms with Gasteiger partial charge in [0.15, 0.2) is 5.82 Å². The molecule has 0 spiro atoms. The molecule has 0 aliphatic rings. The minimum Gasteiger partial charge on any atom is -0.396 e. The van der Waals surface area contributed by atoms with Gasteiger partial charge in [-0.05, 0) is 25.0 Å². The van der Waals surface area contributed by atoms with Gasteiger partial charge in [0.1, 0.15) is 5.15 Å². The molecule has 0 unspecified atom stereocenters. The first-order valence-corrected chi connectivity index (χ1v) is 6.21. The molecular formula is C12H20ClN3O. The number of nitrogen functional groups attached to an aromatic ring is 1. The van der Waals surface area contributed by atoms with E-state index in [0.29, 0.717) is 23.2 Å². The Labute approximate surface area is 107 Å². The highest BCUT2D eigenvalue weighted by Gasteiger charge is 2.25. The van der Waals surface area contributed by atoms with Crippen molar-refractivity contribution in [2.24, 2.45) is 5.41 Å². The zero-order chi connectivity index (χ0) is 12.9. The van der Waals surface area contributed by atoms with E-state index >= 15 is 0 Å². The molecular weight excluding hydrogens is 238 g/mol. The summed E-state index contributed by atoms with van der Waals surface area (Å²) < 4.78 is 0. The first-order chi connectivity index (χ1) is 8.06. The predicted molar refractivity (Wildman–Crippen MR) is 72.2 cm³/mol. The molecule has 1 rings (SSSR count). The quantitative estimate of drug-likeness (QED) is 0.685. The molecule has 0 saturated heterocycles. The van der Waals surface area contributed by atoms with E-state index in [0.717, 1.165) is 12.8 Å². The molecule has 1 aromatic heterocycles. The van der Waals surface area contributed by atoms with Crippen molar-refractivity contribution in [1.29, 1.82) is 0 Å². The van der Waals surface area contributed by atoms with Gasteiger partial charge in [-0.15, -0.1) is 0 Å². The molecule has 1 aromatic rings. The molecule has 0 saturated carbocycles. The van der Waals surface area contributed by atoms with Gasteiger partial charge in [0, 0.05) is 12.0 Å². The molecule has 96 valence electrons. The van der Waals surface area contributed by atoms with Gasteiger partial charge in [-0.1, -0.05) is 25.4 Å². The van der Waals surface area contributed by atoms with Crippen molar-refractivity contribution >= 4 is 23.1 Å². The van der Waals surface area contributed by atoms with E-state index in [1.807, 2.05) is 0 Å². The maximum atomic E-state index is 9.46. The second-order valence-corrected chi connectivity index (χ2v) is 4.68. The van der Waals surface area contributed by atoms with Crippen LogP contribution in [0.1, 0.15) is 26.7 Å². The van der Waals surface area contributed by atoms with Crippen molar-refractivity contribution in [2.45, 2.75) is 26.7 Å². The van der Waals surface area contributed by atoms with Crippen LogP contribution in [0.15, 0.2) is 12.1 Å². The number of rotatable bonds is 6. The smallest absolute Gasteiger partial charge is 0.150 e. The predicted octanol–water partition coefficient (Wildman–Crippen LogP) is 2.53. The molecule has 0 amide bonds. The van der Waals surface area contributed by atoms with Crippen molar-refractivity contribution in [1.82, 2.24) is 4.98 Å². The van der Waals surface area contributed by atoms with Gasteiger partial charge < -0.3 is 16.2 Å². The van der Waals surface area contributed by atoms with Gasteiger partial charge in [-0.2, -0.15) is 0 Å². The second-order valence-electron chi connectivity index (χ2n) is 4.29. The maximum Gasteiger partial charge on any atom is 0.150 e. The number of anilines is 2. The van der Waals surface area contributed by atoms with Crippen LogP contribution >= 0.6 is 11.6 Å². The number of aliphatic hydroxyl groups is 1. The Balaban J connectivity index is 2.75. The Hall–Kier alpha value is -1.00. The summed E-state index contributed by atoms with van der Waals surface area (Å²) in [5, 5.41) is 13.0. The lowest BCUT2D eigenvalue weighted by atomic mass is 9.83. The number of nitrogens with zero attached hydrogens (tertiary/aromatic N) is 1. The third kappa shape index (κ3) is 3.48. The highest BCUT2D eigenvalue weighted by Crippen LogP contribution is 2.27. The molecule has 0 bridgehead atoms. The number of hydrogen-bond acceptors (Lipinski definition) is 4. The summed E-state index contributed by atoms with van der Waals surface area (Å²) in [6, 6.07) is 3.37. The molecule has 17 heavy (non-hydrogen) atoms. The zero-order valence-electron chi connectivity index (χ0n) is 10.3. The molecule has 4 nitrogen and oxygen atoms in total. The lowest BCUT2D eigenvalue weighted by Gasteiger charge is -2.29. The minimum atomic E-state index is -0.129. The topological polar surface area (TPSA) is 71.2 Å². The number of pyridine rings is 1. The maximum absolute atomic E-state index is 9.46. The van der Waals surface area contributed by atoms with Crippen LogP contribution in [0.2, 0.25) is 5.15 Å². The van der Waals surface area contributed by atoms with Crippen LogP contribution in [-0.4, -0.2) is 23.2 Å². The normalized spacial score (nSPS) is 11.5. The van der Waals surface area contributed by atoms with Gasteiger partial charge in [0.25, 0.3) is 0 Å². The Morgan fingerprint density at radius 1 is 1.41 bits per heavy atom. The van der Waals surface area contributed by atoms with Gasteiger partial charge in [0.05, 0.1) is 12.3 Å². The molecule has 0 radical (unpaired) electrons. The van der Waals surface area contributed by atoms with Crippen LogP contribution in [0.3, 0.4) is 0 Å². The lowest BCUT2D eigenvalue weighted by Crippen LogP contribution is -2.32. The SMILES string of the molecule is CCC(CC)(CO)CNc1nc(Cl)ccc1N. The van der Waals surface area contributed by atoms with E-state index in [1.54, 1.807) is 12.1 Å². The van der Waals surface area contributed by atoms with Crippen molar-refractivity contribution in [3.63, 3.8) is 0 Å². The summed E-state index contributed by atoms with van der Waals surface area (Å²) in [4.78, 5) is 4.13. The highest BCUT2D eigenvalue weighted by atomic mass is 35.5. The summed E-state index contributed by atoms with van der Waals surface area (Å²) in [5.41, 5.74) is 6.23. The van der Waals surface area contributed by atoms with Crippen LogP contribution in [0.5, 0.6) is 0 Å². The van der Waals surface area contributed by atoms with Crippen molar-refractivity contribution in [2.75, 3.05) is 24.2 Å². The molecule has 4 N–H and O–H groups in total. The average molecular weight is 258 g/mol. The van der Waals surface area contributed by atoms with Crippen molar-refractivity contribution in [3.8, 4) is 0 Å². The van der Waals surface area contributed by atoms with E-state index in [4.69, 9.17) is 17.3 Å². The fourth-order valence-corrected chi connectivity index (χ4v) is 1.79. The molecule has 1 heterocycles. The first-order valence-electron chi connectivity index (χ1n) is 5.83. The van der Waals surface area contributed by atoms with E-state index in [2.05, 4.69) is 24.1 Å². The van der Waals surface area contributed by atoms with Crippen LogP contribution in [0.4, 0.5) is 11.5 Å². The van der Waals surface area contributed by atoms with E-state index < -0.39 is 0 Å². The number of nitrogens with one attached hydrogen (secondary N) is 1. The fourth-order valence-electron chi connectivity index (χ4n) is 1.64. The molecule has 0 aliphatic carbocycles. The van der Waals surface area contributed by atoms with Crippen LogP contribution in [0.25, 0.3) is 0 Å². The Bertz CT molecular complexity index is 359. The van der Waals surface area contributed by atoms with Gasteiger partial charge in [-0.25, -0.2) is 4.98 Å². The molecule has 0 aromatic carbocycles. The molecule has 0 aliphatic heterocycles. The second kappa shape index (κ2) is 6.07. The third-order valence-corrected chi connectivity index (χ3v) is 3.57. The highest BCUT2D eigenvalue weighted by molar-refractivity contribution is 6.29. The monoisotopic (exact) mass is 257 g/mol. The summed E-state index contributed by atoms with van der Waals surface area (Å²) in [6.07, 6.45) is 1.79. The Kier molecular flexibility index (Phi) is 5.02. The zero-order valence-corrected chi connectivity index (χ0v) is 11.1. The number of hydrogen-bond donors (Lipinski definition) is 3. The van der Waals surface area contributed by atoms with Crippen molar-refractivity contribution < 1.29 is 5.11 Å². The standard InChI is InChI=1S/C12H20ClN3O/c1-3-12(4-2,8-17)7-15-11-9(14)5-6-10(13)16-11/h5-6,17H,3-4,7-8,14H2,1-2H3,(H,15,16). The lowest BCUT2D eigenvalue weighted by molar-refractivity contribution is 0.127. The number of halogens is 1. The van der Waals surface area contributed by atoms with Crippen LogP contribution in [-0.2, 0) is 0 Å². The first kappa shape index (κ1) is 14.1. The van der Waals surface area contributed by atoms with Gasteiger partial charge in [-0.3, -0.25) is 0 Å². The molecule has 0 atom stereocenters. The third-order valence-electron chi connectivity index (χ3n) is 3.36. The largest absolute Gasteiger partial charge is 0.396 e. The number of aliphatic hydroxyl groups excluding tert-OH is 1. The fraction of sp³-hybridized carbons (Fsp3) is 0.583. The van der Waals surface area contributed by atoms with E-state index in [1.165, 1.54) is 0 Å². The Morgan fingerprint density at radius 2 is 2.06 bits per heavy atom. The van der Waals surface area contributed by atoms with Crippen molar-refractivity contribution in [3.05, 3.63) is 17.3 Å². The van der Waals surface area contributed by atoms with Crippen LogP contribution < -0.4 is 11.1 Å². The van der Waals surface area contributed by atoms with Gasteiger partial charge in [0.2, 0.25) is 0 Å². The van der Waals surface area contributed by atoms with Gasteiger partial charge >= 0.3 is 0 Å².